The number of aliphatic imine (C=N–C) groups is 1. The molecule has 0 bridgehead atoms. The molecule has 1 aromatic rings. The molecule has 2 atom stereocenters. The quantitative estimate of drug-likeness (QED) is 0.649. The summed E-state index contributed by atoms with van der Waals surface area (Å²) in [7, 11) is 0. The first-order chi connectivity index (χ1) is 10.1. The Bertz CT molecular complexity index is 616. The zero-order valence-electron chi connectivity index (χ0n) is 11.5. The van der Waals surface area contributed by atoms with Crippen LogP contribution in [-0.4, -0.2) is 25.0 Å². The SMILES string of the molecule is Cc1cc(N)cc([C@]2(CF)C[C@@H](C(F)(F)F)OC(N)=N2)c1F. The Kier molecular flexibility index (Phi) is 3.92. The Morgan fingerprint density at radius 1 is 1.36 bits per heavy atom. The smallest absolute Gasteiger partial charge is 0.425 e. The monoisotopic (exact) mass is 323 g/mol. The molecule has 0 aliphatic carbocycles. The number of nitrogen functional groups attached to an aromatic ring is 1. The Morgan fingerprint density at radius 3 is 2.55 bits per heavy atom. The summed E-state index contributed by atoms with van der Waals surface area (Å²) in [5.74, 6) is -0.869. The van der Waals surface area contributed by atoms with Crippen molar-refractivity contribution >= 4 is 11.7 Å². The van der Waals surface area contributed by atoms with E-state index in [1.165, 1.54) is 13.0 Å². The fourth-order valence-electron chi connectivity index (χ4n) is 2.42. The van der Waals surface area contributed by atoms with Crippen molar-refractivity contribution in [3.8, 4) is 0 Å². The van der Waals surface area contributed by atoms with Crippen molar-refractivity contribution in [2.75, 3.05) is 12.4 Å². The van der Waals surface area contributed by atoms with Gasteiger partial charge in [-0.1, -0.05) is 0 Å². The standard InChI is InChI=1S/C13H14F5N3O/c1-6-2-7(19)3-8(10(6)15)12(5-14)4-9(13(16,17)18)22-11(20)21-12/h2-3,9H,4-5,19H2,1H3,(H2,20,21)/t9-,12+/m0/s1. The van der Waals surface area contributed by atoms with E-state index in [0.29, 0.717) is 0 Å². The van der Waals surface area contributed by atoms with E-state index < -0.39 is 42.8 Å². The van der Waals surface area contributed by atoms with Crippen LogP contribution in [-0.2, 0) is 10.3 Å². The third kappa shape index (κ3) is 2.79. The molecule has 22 heavy (non-hydrogen) atoms. The molecule has 4 N–H and O–H groups in total. The molecule has 2 rings (SSSR count). The molecule has 0 amide bonds. The summed E-state index contributed by atoms with van der Waals surface area (Å²) in [5, 5.41) is 0. The number of ether oxygens (including phenoxy) is 1. The molecule has 122 valence electrons. The van der Waals surface area contributed by atoms with Crippen molar-refractivity contribution in [1.82, 2.24) is 0 Å². The van der Waals surface area contributed by atoms with Gasteiger partial charge in [-0.25, -0.2) is 13.8 Å². The zero-order valence-corrected chi connectivity index (χ0v) is 11.5. The van der Waals surface area contributed by atoms with Crippen molar-refractivity contribution in [2.24, 2.45) is 10.7 Å². The van der Waals surface area contributed by atoms with Crippen molar-refractivity contribution in [2.45, 2.75) is 31.2 Å². The molecule has 0 aromatic heterocycles. The highest BCUT2D eigenvalue weighted by atomic mass is 19.4. The van der Waals surface area contributed by atoms with E-state index in [1.807, 2.05) is 0 Å². The highest BCUT2D eigenvalue weighted by Crippen LogP contribution is 2.42. The molecule has 0 saturated heterocycles. The fourth-order valence-corrected chi connectivity index (χ4v) is 2.42. The summed E-state index contributed by atoms with van der Waals surface area (Å²) in [5.41, 5.74) is 8.50. The Hall–Kier alpha value is -2.06. The molecule has 0 saturated carbocycles. The number of hydrogen-bond donors (Lipinski definition) is 2. The number of benzene rings is 1. The summed E-state index contributed by atoms with van der Waals surface area (Å²) in [6.45, 7) is -0.00177. The van der Waals surface area contributed by atoms with Crippen LogP contribution < -0.4 is 11.5 Å². The van der Waals surface area contributed by atoms with E-state index in [4.69, 9.17) is 11.5 Å². The second-order valence-electron chi connectivity index (χ2n) is 5.17. The maximum atomic E-state index is 14.3. The van der Waals surface area contributed by atoms with Crippen molar-refractivity contribution in [3.05, 3.63) is 29.1 Å². The van der Waals surface area contributed by atoms with Crippen LogP contribution in [0, 0.1) is 12.7 Å². The van der Waals surface area contributed by atoms with Crippen LogP contribution in [0.5, 0.6) is 0 Å². The van der Waals surface area contributed by atoms with Crippen LogP contribution in [0.25, 0.3) is 0 Å². The van der Waals surface area contributed by atoms with Gasteiger partial charge >= 0.3 is 6.18 Å². The van der Waals surface area contributed by atoms with Gasteiger partial charge in [0.25, 0.3) is 6.02 Å². The number of rotatable bonds is 2. The van der Waals surface area contributed by atoms with E-state index >= 15 is 0 Å². The molecule has 0 unspecified atom stereocenters. The van der Waals surface area contributed by atoms with Crippen LogP contribution in [0.3, 0.4) is 0 Å². The van der Waals surface area contributed by atoms with Crippen molar-refractivity contribution < 1.29 is 26.7 Å². The lowest BCUT2D eigenvalue weighted by Crippen LogP contribution is -2.48. The highest BCUT2D eigenvalue weighted by molar-refractivity contribution is 5.73. The molecule has 0 fully saturated rings. The summed E-state index contributed by atoms with van der Waals surface area (Å²) < 4.78 is 71.0. The highest BCUT2D eigenvalue weighted by Gasteiger charge is 2.52. The molecule has 1 heterocycles. The number of aryl methyl sites for hydroxylation is 1. The molecule has 9 heteroatoms. The van der Waals surface area contributed by atoms with Gasteiger partial charge in [-0.05, 0) is 24.6 Å². The van der Waals surface area contributed by atoms with E-state index in [0.717, 1.165) is 6.07 Å². The maximum absolute atomic E-state index is 14.3. The van der Waals surface area contributed by atoms with E-state index in [9.17, 15) is 22.0 Å². The lowest BCUT2D eigenvalue weighted by molar-refractivity contribution is -0.209. The molecule has 0 radical (unpaired) electrons. The number of anilines is 1. The minimum absolute atomic E-state index is 0.0756. The van der Waals surface area contributed by atoms with Gasteiger partial charge in [0.15, 0.2) is 6.10 Å². The van der Waals surface area contributed by atoms with E-state index in [2.05, 4.69) is 9.73 Å². The number of halogens is 5. The van der Waals surface area contributed by atoms with Crippen molar-refractivity contribution in [1.29, 1.82) is 0 Å². The zero-order chi connectivity index (χ0) is 16.7. The minimum Gasteiger partial charge on any atom is -0.452 e. The lowest BCUT2D eigenvalue weighted by atomic mass is 9.83. The first-order valence-electron chi connectivity index (χ1n) is 6.30. The van der Waals surface area contributed by atoms with E-state index in [-0.39, 0.29) is 16.8 Å². The second kappa shape index (κ2) is 5.29. The van der Waals surface area contributed by atoms with Gasteiger partial charge in [0.1, 0.15) is 18.0 Å². The lowest BCUT2D eigenvalue weighted by Gasteiger charge is -2.36. The van der Waals surface area contributed by atoms with Gasteiger partial charge in [-0.2, -0.15) is 13.2 Å². The first kappa shape index (κ1) is 16.3. The topological polar surface area (TPSA) is 73.6 Å². The molecule has 1 aliphatic rings. The summed E-state index contributed by atoms with van der Waals surface area (Å²) in [6.07, 6.45) is -8.08. The normalized spacial score (nSPS) is 25.5. The molecule has 0 spiro atoms. The predicted molar refractivity (Wildman–Crippen MR) is 70.4 cm³/mol. The van der Waals surface area contributed by atoms with Gasteiger partial charge in [-0.15, -0.1) is 0 Å². The largest absolute Gasteiger partial charge is 0.452 e. The van der Waals surface area contributed by atoms with Crippen LogP contribution in [0.1, 0.15) is 17.5 Å². The maximum Gasteiger partial charge on any atom is 0.425 e. The number of alkyl halides is 4. The average molecular weight is 323 g/mol. The number of nitrogens with two attached hydrogens (primary N) is 2. The van der Waals surface area contributed by atoms with Gasteiger partial charge in [0, 0.05) is 17.7 Å². The fraction of sp³-hybridized carbons (Fsp3) is 0.462. The van der Waals surface area contributed by atoms with Crippen molar-refractivity contribution in [3.63, 3.8) is 0 Å². The van der Waals surface area contributed by atoms with Gasteiger partial charge in [0.2, 0.25) is 0 Å². The molecule has 1 aromatic carbocycles. The second-order valence-corrected chi connectivity index (χ2v) is 5.17. The number of nitrogens with zero attached hydrogens (tertiary/aromatic N) is 1. The van der Waals surface area contributed by atoms with Crippen LogP contribution in [0.2, 0.25) is 0 Å². The van der Waals surface area contributed by atoms with Gasteiger partial charge in [0.05, 0.1) is 0 Å². The van der Waals surface area contributed by atoms with Gasteiger partial charge < -0.3 is 16.2 Å². The number of hydrogen-bond acceptors (Lipinski definition) is 4. The Balaban J connectivity index is 2.60. The van der Waals surface area contributed by atoms with Crippen LogP contribution in [0.4, 0.5) is 27.6 Å². The van der Waals surface area contributed by atoms with Crippen LogP contribution in [0.15, 0.2) is 17.1 Å². The minimum atomic E-state index is -4.78. The van der Waals surface area contributed by atoms with E-state index in [1.54, 1.807) is 0 Å². The average Bonchev–Trinajstić information content (AvgIpc) is 2.41. The molecular weight excluding hydrogens is 309 g/mol. The summed E-state index contributed by atoms with van der Waals surface area (Å²) >= 11 is 0. The first-order valence-corrected chi connectivity index (χ1v) is 6.30. The van der Waals surface area contributed by atoms with Gasteiger partial charge in [-0.3, -0.25) is 0 Å². The van der Waals surface area contributed by atoms with Crippen LogP contribution >= 0.6 is 0 Å². The third-order valence-electron chi connectivity index (χ3n) is 3.47. The Labute approximate surface area is 122 Å². The third-order valence-corrected chi connectivity index (χ3v) is 3.47. The predicted octanol–water partition coefficient (Wildman–Crippen LogP) is 2.55. The molecule has 4 nitrogen and oxygen atoms in total. The Morgan fingerprint density at radius 2 is 2.00 bits per heavy atom. The summed E-state index contributed by atoms with van der Waals surface area (Å²) in [4.78, 5) is 3.61. The number of amidine groups is 1. The summed E-state index contributed by atoms with van der Waals surface area (Å²) in [6, 6.07) is 1.52. The molecular formula is C13H14F5N3O. The molecule has 1 aliphatic heterocycles.